The molecule has 1 aliphatic rings. The van der Waals surface area contributed by atoms with Gasteiger partial charge in [-0.2, -0.15) is 0 Å². The summed E-state index contributed by atoms with van der Waals surface area (Å²) >= 11 is 3.61. The Morgan fingerprint density at radius 1 is 0.517 bits per heavy atom. The van der Waals surface area contributed by atoms with E-state index < -0.39 is 5.41 Å². The maximum absolute atomic E-state index is 5.25. The number of aryl methyl sites for hydroxylation is 1. The standard InChI is InChI=1S/C56H40N2S2/c1-38-46(49-23-12-14-26-53(49)59-38)24-15-35-58(45-32-34-54-52(37-45)57-55(60-54)41-29-27-40(28-30-41)39-16-5-2-6-17-39)44-31-33-48-47-22-11-13-25-50(47)56(51(48)36-44,42-18-7-3-8-19-42)43-20-9-4-10-21-43/h2-34,36-37H,35H2,1H3/b24-15-. The Morgan fingerprint density at radius 2 is 1.12 bits per heavy atom. The number of nitrogens with zero attached hydrogens (tertiary/aromatic N) is 2. The lowest BCUT2D eigenvalue weighted by atomic mass is 9.67. The van der Waals surface area contributed by atoms with E-state index in [9.17, 15) is 0 Å². The van der Waals surface area contributed by atoms with Crippen LogP contribution < -0.4 is 4.90 Å². The second-order valence-corrected chi connectivity index (χ2v) is 17.7. The van der Waals surface area contributed by atoms with Crippen molar-refractivity contribution in [2.24, 2.45) is 0 Å². The number of thiazole rings is 1. The normalized spacial score (nSPS) is 12.9. The largest absolute Gasteiger partial charge is 0.338 e. The molecule has 286 valence electrons. The lowest BCUT2D eigenvalue weighted by Crippen LogP contribution is -2.29. The molecule has 10 aromatic rings. The summed E-state index contributed by atoms with van der Waals surface area (Å²) in [5, 5.41) is 2.33. The summed E-state index contributed by atoms with van der Waals surface area (Å²) in [5.41, 5.74) is 15.3. The quantitative estimate of drug-likeness (QED) is 0.144. The van der Waals surface area contributed by atoms with Gasteiger partial charge in [0.25, 0.3) is 0 Å². The van der Waals surface area contributed by atoms with E-state index >= 15 is 0 Å². The minimum absolute atomic E-state index is 0.484. The highest BCUT2D eigenvalue weighted by molar-refractivity contribution is 7.21. The molecular formula is C56H40N2S2. The van der Waals surface area contributed by atoms with Crippen molar-refractivity contribution in [3.63, 3.8) is 0 Å². The molecule has 0 saturated carbocycles. The van der Waals surface area contributed by atoms with Gasteiger partial charge >= 0.3 is 0 Å². The second-order valence-electron chi connectivity index (χ2n) is 15.5. The molecular weight excluding hydrogens is 765 g/mol. The summed E-state index contributed by atoms with van der Waals surface area (Å²) in [6.45, 7) is 2.92. The molecule has 0 spiro atoms. The monoisotopic (exact) mass is 804 g/mol. The average molecular weight is 805 g/mol. The number of rotatable bonds is 9. The smallest absolute Gasteiger partial charge is 0.124 e. The molecule has 0 amide bonds. The molecule has 0 saturated heterocycles. The number of aromatic nitrogens is 1. The Balaban J connectivity index is 1.05. The third-order valence-corrected chi connectivity index (χ3v) is 14.3. The molecule has 0 bridgehead atoms. The molecule has 60 heavy (non-hydrogen) atoms. The lowest BCUT2D eigenvalue weighted by molar-refractivity contribution is 0.768. The van der Waals surface area contributed by atoms with Gasteiger partial charge in [0.05, 0.1) is 15.6 Å². The van der Waals surface area contributed by atoms with Gasteiger partial charge in [0.2, 0.25) is 0 Å². The Kier molecular flexibility index (Phi) is 9.10. The SMILES string of the molecule is Cc1sc2ccccc2c1/C=C\CN(c1ccc2c(c1)C(c1ccccc1)(c1ccccc1)c1ccccc1-2)c1ccc2sc(-c3ccc(-c4ccccc4)cc3)nc2c1. The number of thiophene rings is 1. The molecule has 4 heteroatoms. The third kappa shape index (κ3) is 6.11. The van der Waals surface area contributed by atoms with Crippen LogP contribution in [0.2, 0.25) is 0 Å². The molecule has 8 aromatic carbocycles. The summed E-state index contributed by atoms with van der Waals surface area (Å²) in [6, 6.07) is 73.1. The summed E-state index contributed by atoms with van der Waals surface area (Å²) in [7, 11) is 0. The van der Waals surface area contributed by atoms with Gasteiger partial charge in [-0.05, 0) is 98.8 Å². The van der Waals surface area contributed by atoms with Crippen molar-refractivity contribution in [1.82, 2.24) is 4.98 Å². The molecule has 1 aliphatic carbocycles. The Bertz CT molecular complexity index is 3140. The van der Waals surface area contributed by atoms with Crippen LogP contribution in [-0.2, 0) is 5.41 Å². The number of fused-ring (bicyclic) bond motifs is 5. The van der Waals surface area contributed by atoms with Crippen LogP contribution in [0.1, 0.15) is 32.7 Å². The van der Waals surface area contributed by atoms with E-state index in [4.69, 9.17) is 4.98 Å². The van der Waals surface area contributed by atoms with Gasteiger partial charge in [-0.25, -0.2) is 4.98 Å². The summed E-state index contributed by atoms with van der Waals surface area (Å²) < 4.78 is 2.50. The van der Waals surface area contributed by atoms with Crippen LogP contribution in [0.3, 0.4) is 0 Å². The minimum Gasteiger partial charge on any atom is -0.338 e. The van der Waals surface area contributed by atoms with Crippen LogP contribution in [0.15, 0.2) is 206 Å². The first-order valence-corrected chi connectivity index (χ1v) is 22.1. The fourth-order valence-electron chi connectivity index (χ4n) is 9.27. The van der Waals surface area contributed by atoms with Crippen LogP contribution >= 0.6 is 22.7 Å². The van der Waals surface area contributed by atoms with E-state index in [0.717, 1.165) is 27.5 Å². The molecule has 2 heterocycles. The summed E-state index contributed by atoms with van der Waals surface area (Å²) in [5.74, 6) is 0. The number of hydrogen-bond acceptors (Lipinski definition) is 4. The number of anilines is 2. The van der Waals surface area contributed by atoms with Crippen LogP contribution in [0.5, 0.6) is 0 Å². The molecule has 0 fully saturated rings. The van der Waals surface area contributed by atoms with E-state index in [2.05, 4.69) is 224 Å². The van der Waals surface area contributed by atoms with Crippen molar-refractivity contribution in [3.8, 4) is 32.8 Å². The van der Waals surface area contributed by atoms with Crippen molar-refractivity contribution >= 4 is 60.4 Å². The second kappa shape index (κ2) is 15.1. The molecule has 0 radical (unpaired) electrons. The van der Waals surface area contributed by atoms with Gasteiger partial charge in [-0.15, -0.1) is 22.7 Å². The van der Waals surface area contributed by atoms with Gasteiger partial charge in [-0.1, -0.05) is 176 Å². The minimum atomic E-state index is -0.484. The molecule has 2 nitrogen and oxygen atoms in total. The van der Waals surface area contributed by atoms with Crippen LogP contribution in [-0.4, -0.2) is 11.5 Å². The maximum Gasteiger partial charge on any atom is 0.124 e. The van der Waals surface area contributed by atoms with Gasteiger partial charge in [0, 0.05) is 33.1 Å². The number of hydrogen-bond donors (Lipinski definition) is 0. The first-order valence-electron chi connectivity index (χ1n) is 20.5. The van der Waals surface area contributed by atoms with Crippen molar-refractivity contribution in [2.45, 2.75) is 12.3 Å². The Hall–Kier alpha value is -6.85. The maximum atomic E-state index is 5.25. The van der Waals surface area contributed by atoms with E-state index in [1.165, 1.54) is 69.7 Å². The zero-order valence-electron chi connectivity index (χ0n) is 33.1. The van der Waals surface area contributed by atoms with Gasteiger partial charge in [0.1, 0.15) is 5.01 Å². The molecule has 0 atom stereocenters. The van der Waals surface area contributed by atoms with E-state index in [1.54, 1.807) is 11.3 Å². The predicted molar refractivity (Wildman–Crippen MR) is 257 cm³/mol. The predicted octanol–water partition coefficient (Wildman–Crippen LogP) is 15.4. The highest BCUT2D eigenvalue weighted by Crippen LogP contribution is 2.57. The molecule has 11 rings (SSSR count). The third-order valence-electron chi connectivity index (χ3n) is 12.1. The van der Waals surface area contributed by atoms with Gasteiger partial charge in [0.15, 0.2) is 0 Å². The van der Waals surface area contributed by atoms with Crippen molar-refractivity contribution in [2.75, 3.05) is 11.4 Å². The lowest BCUT2D eigenvalue weighted by Gasteiger charge is -2.34. The fourth-order valence-corrected chi connectivity index (χ4v) is 11.3. The van der Waals surface area contributed by atoms with Crippen LogP contribution in [0.25, 0.3) is 59.2 Å². The van der Waals surface area contributed by atoms with E-state index in [-0.39, 0.29) is 0 Å². The van der Waals surface area contributed by atoms with Crippen molar-refractivity contribution in [1.29, 1.82) is 0 Å². The van der Waals surface area contributed by atoms with Crippen molar-refractivity contribution < 1.29 is 0 Å². The van der Waals surface area contributed by atoms with E-state index in [1.807, 2.05) is 11.3 Å². The molecule has 0 aliphatic heterocycles. The highest BCUT2D eigenvalue weighted by atomic mass is 32.1. The Morgan fingerprint density at radius 3 is 1.88 bits per heavy atom. The molecule has 2 aromatic heterocycles. The van der Waals surface area contributed by atoms with Crippen molar-refractivity contribution in [3.05, 3.63) is 239 Å². The zero-order chi connectivity index (χ0) is 40.0. The van der Waals surface area contributed by atoms with E-state index in [0.29, 0.717) is 6.54 Å². The first kappa shape index (κ1) is 36.2. The zero-order valence-corrected chi connectivity index (χ0v) is 34.8. The van der Waals surface area contributed by atoms with Crippen LogP contribution in [0.4, 0.5) is 11.4 Å². The summed E-state index contributed by atoms with van der Waals surface area (Å²) in [4.78, 5) is 9.04. The van der Waals surface area contributed by atoms with Gasteiger partial charge in [-0.3, -0.25) is 0 Å². The molecule has 0 N–H and O–H groups in total. The average Bonchev–Trinajstić information content (AvgIpc) is 3.98. The Labute approximate surface area is 359 Å². The number of benzene rings is 8. The fraction of sp³-hybridized carbons (Fsp3) is 0.0536. The van der Waals surface area contributed by atoms with Gasteiger partial charge < -0.3 is 4.90 Å². The summed E-state index contributed by atoms with van der Waals surface area (Å²) in [6.07, 6.45) is 4.65. The molecule has 0 unspecified atom stereocenters. The topological polar surface area (TPSA) is 16.1 Å². The first-order chi connectivity index (χ1) is 29.6. The van der Waals surface area contributed by atoms with Crippen LogP contribution in [0, 0.1) is 6.92 Å². The highest BCUT2D eigenvalue weighted by Gasteiger charge is 2.46.